The lowest BCUT2D eigenvalue weighted by atomic mass is 10.3. The van der Waals surface area contributed by atoms with E-state index in [9.17, 15) is 9.59 Å². The van der Waals surface area contributed by atoms with E-state index >= 15 is 0 Å². The molecule has 7 heteroatoms. The van der Waals surface area contributed by atoms with E-state index in [1.54, 1.807) is 0 Å². The molecule has 0 aliphatic rings. The summed E-state index contributed by atoms with van der Waals surface area (Å²) in [7, 11) is 0. The quantitative estimate of drug-likeness (QED) is 0.487. The second kappa shape index (κ2) is 6.27. The van der Waals surface area contributed by atoms with Gasteiger partial charge < -0.3 is 9.47 Å². The van der Waals surface area contributed by atoms with Crippen LogP contribution < -0.4 is 4.74 Å². The van der Waals surface area contributed by atoms with Gasteiger partial charge in [-0.2, -0.15) is 0 Å². The molecule has 0 spiro atoms. The van der Waals surface area contributed by atoms with Crippen molar-refractivity contribution < 1.29 is 19.1 Å². The molecular formula is C11H9Cl3O4. The highest BCUT2D eigenvalue weighted by atomic mass is 35.5. The molecule has 0 saturated carbocycles. The van der Waals surface area contributed by atoms with Crippen molar-refractivity contribution in [2.45, 2.75) is 20.0 Å². The Bertz CT molecular complexity index is 487. The van der Waals surface area contributed by atoms with Crippen LogP contribution in [0, 0.1) is 0 Å². The molecule has 1 atom stereocenters. The first-order valence-corrected chi connectivity index (χ1v) is 5.98. The third-order valence-corrected chi connectivity index (χ3v) is 2.87. The van der Waals surface area contributed by atoms with Crippen LogP contribution in [-0.2, 0) is 14.3 Å². The van der Waals surface area contributed by atoms with Crippen LogP contribution in [0.1, 0.15) is 13.8 Å². The van der Waals surface area contributed by atoms with Crippen LogP contribution in [0.5, 0.6) is 5.75 Å². The highest BCUT2D eigenvalue weighted by Gasteiger charge is 2.20. The molecular weight excluding hydrogens is 302 g/mol. The molecule has 1 rings (SSSR count). The molecule has 1 unspecified atom stereocenters. The number of hydrogen-bond acceptors (Lipinski definition) is 4. The van der Waals surface area contributed by atoms with Crippen molar-refractivity contribution in [2.24, 2.45) is 0 Å². The fraction of sp³-hybridized carbons (Fsp3) is 0.273. The Hall–Kier alpha value is -0.970. The van der Waals surface area contributed by atoms with Gasteiger partial charge in [-0.25, -0.2) is 4.79 Å². The molecule has 98 valence electrons. The van der Waals surface area contributed by atoms with Crippen LogP contribution >= 0.6 is 34.8 Å². The molecule has 0 heterocycles. The number of benzene rings is 1. The number of carbonyl (C=O) groups excluding carboxylic acids is 2. The number of esters is 2. The first kappa shape index (κ1) is 15.1. The van der Waals surface area contributed by atoms with Gasteiger partial charge in [-0.05, 0) is 13.0 Å². The maximum atomic E-state index is 11.4. The summed E-state index contributed by atoms with van der Waals surface area (Å²) in [4.78, 5) is 22.0. The summed E-state index contributed by atoms with van der Waals surface area (Å²) in [6, 6.07) is 2.77. The smallest absolute Gasteiger partial charge is 0.354 e. The van der Waals surface area contributed by atoms with Gasteiger partial charge in [0, 0.05) is 13.0 Å². The summed E-state index contributed by atoms with van der Waals surface area (Å²) >= 11 is 17.4. The van der Waals surface area contributed by atoms with Crippen molar-refractivity contribution in [3.05, 3.63) is 27.2 Å². The summed E-state index contributed by atoms with van der Waals surface area (Å²) in [5.41, 5.74) is 0. The van der Waals surface area contributed by atoms with Gasteiger partial charge in [0.15, 0.2) is 6.10 Å². The average molecular weight is 312 g/mol. The molecule has 0 aliphatic heterocycles. The lowest BCUT2D eigenvalue weighted by Crippen LogP contribution is -2.27. The Kier molecular flexibility index (Phi) is 5.26. The van der Waals surface area contributed by atoms with Crippen LogP contribution in [0.4, 0.5) is 0 Å². The maximum Gasteiger partial charge on any atom is 0.354 e. The molecule has 0 aliphatic carbocycles. The summed E-state index contributed by atoms with van der Waals surface area (Å²) in [6.45, 7) is 2.54. The van der Waals surface area contributed by atoms with Crippen molar-refractivity contribution in [2.75, 3.05) is 0 Å². The molecule has 0 aromatic heterocycles. The van der Waals surface area contributed by atoms with Gasteiger partial charge in [0.2, 0.25) is 0 Å². The third-order valence-electron chi connectivity index (χ3n) is 1.85. The molecule has 4 nitrogen and oxygen atoms in total. The highest BCUT2D eigenvalue weighted by molar-refractivity contribution is 6.43. The molecule has 0 saturated heterocycles. The number of carbonyl (C=O) groups is 2. The zero-order chi connectivity index (χ0) is 13.9. The zero-order valence-corrected chi connectivity index (χ0v) is 11.8. The van der Waals surface area contributed by atoms with E-state index in [2.05, 4.69) is 4.74 Å². The lowest BCUT2D eigenvalue weighted by molar-refractivity contribution is -0.162. The Morgan fingerprint density at radius 3 is 2.22 bits per heavy atom. The number of ether oxygens (including phenoxy) is 2. The van der Waals surface area contributed by atoms with Gasteiger partial charge in [0.25, 0.3) is 0 Å². The average Bonchev–Trinajstić information content (AvgIpc) is 2.24. The van der Waals surface area contributed by atoms with E-state index < -0.39 is 18.0 Å². The van der Waals surface area contributed by atoms with Crippen molar-refractivity contribution in [3.8, 4) is 5.75 Å². The third kappa shape index (κ3) is 4.05. The minimum atomic E-state index is -0.997. The van der Waals surface area contributed by atoms with E-state index in [1.165, 1.54) is 19.1 Å². The minimum Gasteiger partial charge on any atom is -0.477 e. The van der Waals surface area contributed by atoms with E-state index in [0.29, 0.717) is 0 Å². The van der Waals surface area contributed by atoms with Crippen LogP contribution in [-0.4, -0.2) is 18.0 Å². The summed E-state index contributed by atoms with van der Waals surface area (Å²) in [5, 5.41) is 0.711. The number of halogens is 3. The normalized spacial score (nSPS) is 11.8. The monoisotopic (exact) mass is 310 g/mol. The van der Waals surface area contributed by atoms with Crippen LogP contribution in [0.15, 0.2) is 12.1 Å². The molecule has 0 fully saturated rings. The van der Waals surface area contributed by atoms with Crippen LogP contribution in [0.25, 0.3) is 0 Å². The SMILES string of the molecule is CC(=O)OC(=O)C(C)Oc1cc(Cl)c(Cl)cc1Cl. The highest BCUT2D eigenvalue weighted by Crippen LogP contribution is 2.34. The first-order valence-electron chi connectivity index (χ1n) is 4.84. The summed E-state index contributed by atoms with van der Waals surface area (Å²) in [5.74, 6) is -1.35. The van der Waals surface area contributed by atoms with Gasteiger partial charge in [-0.1, -0.05) is 34.8 Å². The van der Waals surface area contributed by atoms with Crippen LogP contribution in [0.3, 0.4) is 0 Å². The van der Waals surface area contributed by atoms with Crippen molar-refractivity contribution in [1.29, 1.82) is 0 Å². The number of hydrogen-bond donors (Lipinski definition) is 0. The molecule has 1 aromatic carbocycles. The molecule has 18 heavy (non-hydrogen) atoms. The van der Waals surface area contributed by atoms with Gasteiger partial charge in [-0.3, -0.25) is 4.79 Å². The maximum absolute atomic E-state index is 11.4. The van der Waals surface area contributed by atoms with Crippen LogP contribution in [0.2, 0.25) is 15.1 Å². The van der Waals surface area contributed by atoms with E-state index in [1.807, 2.05) is 0 Å². The van der Waals surface area contributed by atoms with Gasteiger partial charge >= 0.3 is 11.9 Å². The molecule has 0 bridgehead atoms. The standard InChI is InChI=1S/C11H9Cl3O4/c1-5(11(16)18-6(2)15)17-10-4-8(13)7(12)3-9(10)14/h3-5H,1-2H3. The molecule has 0 amide bonds. The largest absolute Gasteiger partial charge is 0.477 e. The first-order chi connectivity index (χ1) is 8.31. The van der Waals surface area contributed by atoms with Crippen molar-refractivity contribution in [1.82, 2.24) is 0 Å². The van der Waals surface area contributed by atoms with Gasteiger partial charge in [0.1, 0.15) is 5.75 Å². The topological polar surface area (TPSA) is 52.6 Å². The molecule has 1 aromatic rings. The molecule has 0 N–H and O–H groups in total. The zero-order valence-electron chi connectivity index (χ0n) is 9.50. The predicted octanol–water partition coefficient (Wildman–Crippen LogP) is 3.50. The lowest BCUT2D eigenvalue weighted by Gasteiger charge is -2.14. The fourth-order valence-corrected chi connectivity index (χ4v) is 1.64. The Balaban J connectivity index is 2.81. The molecule has 0 radical (unpaired) electrons. The second-order valence-electron chi connectivity index (χ2n) is 3.37. The summed E-state index contributed by atoms with van der Waals surface area (Å²) < 4.78 is 9.61. The number of rotatable bonds is 3. The van der Waals surface area contributed by atoms with Crippen molar-refractivity contribution >= 4 is 46.7 Å². The van der Waals surface area contributed by atoms with Gasteiger partial charge in [-0.15, -0.1) is 0 Å². The van der Waals surface area contributed by atoms with E-state index in [-0.39, 0.29) is 20.8 Å². The second-order valence-corrected chi connectivity index (χ2v) is 4.59. The van der Waals surface area contributed by atoms with E-state index in [0.717, 1.165) is 6.92 Å². The Morgan fingerprint density at radius 1 is 1.11 bits per heavy atom. The Labute approximate surface area is 119 Å². The van der Waals surface area contributed by atoms with Crippen molar-refractivity contribution in [3.63, 3.8) is 0 Å². The Morgan fingerprint density at radius 2 is 1.67 bits per heavy atom. The van der Waals surface area contributed by atoms with E-state index in [4.69, 9.17) is 39.5 Å². The van der Waals surface area contributed by atoms with Gasteiger partial charge in [0.05, 0.1) is 15.1 Å². The fourth-order valence-electron chi connectivity index (χ4n) is 1.06. The predicted molar refractivity (Wildman–Crippen MR) is 68.3 cm³/mol. The minimum absolute atomic E-state index is 0.180. The summed E-state index contributed by atoms with van der Waals surface area (Å²) in [6.07, 6.45) is -0.997.